The maximum atomic E-state index is 5.75. The average molecular weight is 298 g/mol. The molecule has 1 fully saturated rings. The molecule has 0 amide bonds. The minimum Gasteiger partial charge on any atom is -0.362 e. The van der Waals surface area contributed by atoms with Crippen LogP contribution in [0.1, 0.15) is 104 Å². The quantitative estimate of drug-likeness (QED) is 0.409. The zero-order valence-electron chi connectivity index (χ0n) is 14.7. The van der Waals surface area contributed by atoms with E-state index in [4.69, 9.17) is 4.74 Å². The van der Waals surface area contributed by atoms with Crippen LogP contribution in [0, 0.1) is 0 Å². The van der Waals surface area contributed by atoms with Crippen LogP contribution in [0.2, 0.25) is 0 Å². The van der Waals surface area contributed by atoms with E-state index in [2.05, 4.69) is 19.2 Å². The highest BCUT2D eigenvalue weighted by Crippen LogP contribution is 2.15. The minimum atomic E-state index is 0.340. The van der Waals surface area contributed by atoms with Crippen molar-refractivity contribution in [1.82, 2.24) is 5.32 Å². The highest BCUT2D eigenvalue weighted by atomic mass is 16.5. The predicted molar refractivity (Wildman–Crippen MR) is 92.6 cm³/mol. The molecule has 0 saturated carbocycles. The van der Waals surface area contributed by atoms with Gasteiger partial charge >= 0.3 is 0 Å². The van der Waals surface area contributed by atoms with Crippen molar-refractivity contribution in [3.63, 3.8) is 0 Å². The lowest BCUT2D eigenvalue weighted by molar-refractivity contribution is 0.0925. The Morgan fingerprint density at radius 2 is 1.29 bits per heavy atom. The van der Waals surface area contributed by atoms with E-state index >= 15 is 0 Å². The van der Waals surface area contributed by atoms with Gasteiger partial charge in [-0.3, -0.25) is 5.32 Å². The molecule has 1 aliphatic heterocycles. The standard InChI is InChI=1S/C19H39NO/c1-3-5-6-7-8-9-10-11-12-13-14-16-18-17-21-19(20-18)15-4-2/h18-20H,3-17H2,1-2H3. The molecule has 0 aromatic carbocycles. The van der Waals surface area contributed by atoms with Crippen molar-refractivity contribution >= 4 is 0 Å². The predicted octanol–water partition coefficient (Wildman–Crippen LogP) is 5.80. The van der Waals surface area contributed by atoms with Gasteiger partial charge < -0.3 is 4.74 Å². The van der Waals surface area contributed by atoms with Crippen molar-refractivity contribution in [2.45, 2.75) is 116 Å². The smallest absolute Gasteiger partial charge is 0.108 e. The van der Waals surface area contributed by atoms with E-state index in [1.54, 1.807) is 0 Å². The van der Waals surface area contributed by atoms with Gasteiger partial charge in [-0.1, -0.05) is 90.9 Å². The lowest BCUT2D eigenvalue weighted by Crippen LogP contribution is -2.30. The van der Waals surface area contributed by atoms with Crippen LogP contribution < -0.4 is 5.32 Å². The first-order chi connectivity index (χ1) is 10.4. The number of ether oxygens (including phenoxy) is 1. The lowest BCUT2D eigenvalue weighted by Gasteiger charge is -2.11. The van der Waals surface area contributed by atoms with Crippen molar-refractivity contribution < 1.29 is 4.74 Å². The van der Waals surface area contributed by atoms with Gasteiger partial charge in [0.1, 0.15) is 6.23 Å². The van der Waals surface area contributed by atoms with E-state index < -0.39 is 0 Å². The van der Waals surface area contributed by atoms with Crippen molar-refractivity contribution in [1.29, 1.82) is 0 Å². The third-order valence-corrected chi connectivity index (χ3v) is 4.63. The Hall–Kier alpha value is -0.0800. The molecule has 0 bridgehead atoms. The van der Waals surface area contributed by atoms with Gasteiger partial charge in [-0.25, -0.2) is 0 Å². The molecule has 0 aliphatic carbocycles. The second-order valence-corrected chi connectivity index (χ2v) is 6.80. The molecule has 0 aromatic rings. The van der Waals surface area contributed by atoms with Crippen molar-refractivity contribution in [3.05, 3.63) is 0 Å². The van der Waals surface area contributed by atoms with E-state index in [0.29, 0.717) is 12.3 Å². The summed E-state index contributed by atoms with van der Waals surface area (Å²) in [5.41, 5.74) is 0. The Labute approximate surface area is 133 Å². The Morgan fingerprint density at radius 3 is 1.86 bits per heavy atom. The summed E-state index contributed by atoms with van der Waals surface area (Å²) >= 11 is 0. The maximum Gasteiger partial charge on any atom is 0.108 e. The molecule has 2 unspecified atom stereocenters. The fraction of sp³-hybridized carbons (Fsp3) is 1.00. The minimum absolute atomic E-state index is 0.340. The molecule has 1 N–H and O–H groups in total. The van der Waals surface area contributed by atoms with Crippen molar-refractivity contribution in [3.8, 4) is 0 Å². The number of unbranched alkanes of at least 4 members (excludes halogenated alkanes) is 10. The SMILES string of the molecule is CCCCCCCCCCCCCC1COC(CCC)N1. The van der Waals surface area contributed by atoms with Crippen LogP contribution in [-0.2, 0) is 4.74 Å². The summed E-state index contributed by atoms with van der Waals surface area (Å²) in [6.45, 7) is 5.45. The molecule has 1 rings (SSSR count). The number of hydrogen-bond acceptors (Lipinski definition) is 2. The second-order valence-electron chi connectivity index (χ2n) is 6.80. The van der Waals surface area contributed by atoms with Gasteiger partial charge in [0.25, 0.3) is 0 Å². The molecule has 0 radical (unpaired) electrons. The Bertz CT molecular complexity index is 220. The Morgan fingerprint density at radius 1 is 0.714 bits per heavy atom. The fourth-order valence-corrected chi connectivity index (χ4v) is 3.24. The molecule has 1 heterocycles. The largest absolute Gasteiger partial charge is 0.362 e. The number of rotatable bonds is 14. The van der Waals surface area contributed by atoms with Crippen LogP contribution in [0.3, 0.4) is 0 Å². The summed E-state index contributed by atoms with van der Waals surface area (Å²) in [6.07, 6.45) is 19.7. The molecule has 0 aromatic heterocycles. The number of hydrogen-bond donors (Lipinski definition) is 1. The molecule has 2 heteroatoms. The van der Waals surface area contributed by atoms with Crippen LogP contribution in [0.25, 0.3) is 0 Å². The van der Waals surface area contributed by atoms with Crippen LogP contribution in [0.15, 0.2) is 0 Å². The van der Waals surface area contributed by atoms with Crippen molar-refractivity contribution in [2.24, 2.45) is 0 Å². The topological polar surface area (TPSA) is 21.3 Å². The van der Waals surface area contributed by atoms with Gasteiger partial charge in [-0.15, -0.1) is 0 Å². The normalized spacial score (nSPS) is 22.0. The maximum absolute atomic E-state index is 5.75. The molecule has 21 heavy (non-hydrogen) atoms. The second kappa shape index (κ2) is 13.6. The van der Waals surface area contributed by atoms with Gasteiger partial charge in [0.15, 0.2) is 0 Å². The van der Waals surface area contributed by atoms with Crippen LogP contribution >= 0.6 is 0 Å². The third kappa shape index (κ3) is 10.3. The number of nitrogens with one attached hydrogen (secondary N) is 1. The van der Waals surface area contributed by atoms with E-state index in [0.717, 1.165) is 13.0 Å². The summed E-state index contributed by atoms with van der Waals surface area (Å²) in [5, 5.41) is 3.61. The third-order valence-electron chi connectivity index (χ3n) is 4.63. The highest BCUT2D eigenvalue weighted by molar-refractivity contribution is 4.75. The average Bonchev–Trinajstić information content (AvgIpc) is 2.93. The summed E-state index contributed by atoms with van der Waals surface area (Å²) in [6, 6.07) is 0.625. The molecular formula is C19H39NO. The molecule has 2 nitrogen and oxygen atoms in total. The molecule has 0 spiro atoms. The summed E-state index contributed by atoms with van der Waals surface area (Å²) in [4.78, 5) is 0. The zero-order valence-corrected chi connectivity index (χ0v) is 14.7. The summed E-state index contributed by atoms with van der Waals surface area (Å²) in [7, 11) is 0. The van der Waals surface area contributed by atoms with Gasteiger partial charge in [0, 0.05) is 6.04 Å². The van der Waals surface area contributed by atoms with E-state index in [1.807, 2.05) is 0 Å². The van der Waals surface area contributed by atoms with Crippen LogP contribution in [-0.4, -0.2) is 18.9 Å². The first-order valence-corrected chi connectivity index (χ1v) is 9.74. The van der Waals surface area contributed by atoms with E-state index in [9.17, 15) is 0 Å². The summed E-state index contributed by atoms with van der Waals surface area (Å²) < 4.78 is 5.75. The van der Waals surface area contributed by atoms with Gasteiger partial charge in [0.2, 0.25) is 0 Å². The Balaban J connectivity index is 1.77. The van der Waals surface area contributed by atoms with Crippen molar-refractivity contribution in [2.75, 3.05) is 6.61 Å². The van der Waals surface area contributed by atoms with E-state index in [-0.39, 0.29) is 0 Å². The van der Waals surface area contributed by atoms with Crippen LogP contribution in [0.4, 0.5) is 0 Å². The molecule has 1 saturated heterocycles. The first-order valence-electron chi connectivity index (χ1n) is 9.74. The first kappa shape index (κ1) is 19.0. The molecular weight excluding hydrogens is 258 g/mol. The van der Waals surface area contributed by atoms with Gasteiger partial charge in [-0.05, 0) is 12.8 Å². The summed E-state index contributed by atoms with van der Waals surface area (Å²) in [5.74, 6) is 0. The fourth-order valence-electron chi connectivity index (χ4n) is 3.24. The molecule has 1 aliphatic rings. The zero-order chi connectivity index (χ0) is 15.2. The lowest BCUT2D eigenvalue weighted by atomic mass is 10.0. The Kier molecular flexibility index (Phi) is 12.3. The van der Waals surface area contributed by atoms with E-state index in [1.165, 1.54) is 83.5 Å². The highest BCUT2D eigenvalue weighted by Gasteiger charge is 2.22. The van der Waals surface area contributed by atoms with Crippen LogP contribution in [0.5, 0.6) is 0 Å². The molecule has 2 atom stereocenters. The van der Waals surface area contributed by atoms with Gasteiger partial charge in [-0.2, -0.15) is 0 Å². The van der Waals surface area contributed by atoms with Gasteiger partial charge in [0.05, 0.1) is 6.61 Å². The molecule has 126 valence electrons. The monoisotopic (exact) mass is 297 g/mol.